The second-order valence-corrected chi connectivity index (χ2v) is 5.51. The smallest absolute Gasteiger partial charge is 0.248 e. The fourth-order valence-corrected chi connectivity index (χ4v) is 2.41. The van der Waals surface area contributed by atoms with E-state index in [9.17, 15) is 9.59 Å². The van der Waals surface area contributed by atoms with Crippen LogP contribution in [0, 0.1) is 0 Å². The molecule has 0 saturated carbocycles. The molecule has 5 heteroatoms. The van der Waals surface area contributed by atoms with Crippen molar-refractivity contribution in [2.45, 2.75) is 6.92 Å². The van der Waals surface area contributed by atoms with E-state index in [1.54, 1.807) is 37.5 Å². The Labute approximate surface area is 144 Å². The summed E-state index contributed by atoms with van der Waals surface area (Å²) < 4.78 is 10.8. The van der Waals surface area contributed by atoms with E-state index < -0.39 is 0 Å². The van der Waals surface area contributed by atoms with Crippen LogP contribution in [0.25, 0.3) is 17.0 Å². The molecule has 1 N–H and O–H groups in total. The molecule has 0 unspecified atom stereocenters. The zero-order valence-electron chi connectivity index (χ0n) is 13.9. The van der Waals surface area contributed by atoms with E-state index in [1.165, 1.54) is 13.0 Å². The first-order valence-corrected chi connectivity index (χ1v) is 7.73. The molecule has 3 aromatic rings. The van der Waals surface area contributed by atoms with Gasteiger partial charge in [0, 0.05) is 22.7 Å². The third-order valence-corrected chi connectivity index (χ3v) is 3.68. The first-order valence-electron chi connectivity index (χ1n) is 7.73. The molecule has 0 spiro atoms. The Morgan fingerprint density at radius 1 is 1.12 bits per heavy atom. The molecule has 0 aliphatic carbocycles. The molecule has 3 rings (SSSR count). The number of hydrogen-bond donors (Lipinski definition) is 1. The van der Waals surface area contributed by atoms with Crippen molar-refractivity contribution >= 4 is 34.4 Å². The molecule has 0 aliphatic rings. The third kappa shape index (κ3) is 3.95. The lowest BCUT2D eigenvalue weighted by Gasteiger charge is -2.03. The van der Waals surface area contributed by atoms with Crippen molar-refractivity contribution in [3.05, 3.63) is 65.9 Å². The van der Waals surface area contributed by atoms with E-state index in [2.05, 4.69) is 5.32 Å². The van der Waals surface area contributed by atoms with Gasteiger partial charge in [0.1, 0.15) is 17.1 Å². The van der Waals surface area contributed by atoms with Gasteiger partial charge in [0.15, 0.2) is 5.78 Å². The number of ether oxygens (including phenoxy) is 1. The number of ketones is 1. The lowest BCUT2D eigenvalue weighted by molar-refractivity contribution is -0.111. The van der Waals surface area contributed by atoms with Gasteiger partial charge in [0.25, 0.3) is 0 Å². The van der Waals surface area contributed by atoms with Crippen LogP contribution >= 0.6 is 0 Å². The molecule has 0 atom stereocenters. The first-order chi connectivity index (χ1) is 12.0. The highest BCUT2D eigenvalue weighted by molar-refractivity contribution is 6.03. The second kappa shape index (κ2) is 7.05. The summed E-state index contributed by atoms with van der Waals surface area (Å²) in [5.41, 5.74) is 1.83. The van der Waals surface area contributed by atoms with Gasteiger partial charge in [-0.25, -0.2) is 0 Å². The van der Waals surface area contributed by atoms with Gasteiger partial charge in [0.05, 0.1) is 7.11 Å². The molecule has 0 fully saturated rings. The van der Waals surface area contributed by atoms with E-state index in [0.717, 1.165) is 16.7 Å². The summed E-state index contributed by atoms with van der Waals surface area (Å²) >= 11 is 0. The summed E-state index contributed by atoms with van der Waals surface area (Å²) in [5.74, 6) is 0.950. The molecule has 0 bridgehead atoms. The SMILES string of the molecule is COc1ccc2oc(C=CC(=O)Nc3cccc(C(C)=O)c3)cc2c1. The van der Waals surface area contributed by atoms with Gasteiger partial charge in [-0.05, 0) is 49.4 Å². The van der Waals surface area contributed by atoms with E-state index in [4.69, 9.17) is 9.15 Å². The fraction of sp³-hybridized carbons (Fsp3) is 0.100. The molecule has 2 aromatic carbocycles. The zero-order chi connectivity index (χ0) is 17.8. The van der Waals surface area contributed by atoms with Crippen molar-refractivity contribution < 1.29 is 18.7 Å². The third-order valence-electron chi connectivity index (χ3n) is 3.68. The lowest BCUT2D eigenvalue weighted by Crippen LogP contribution is -2.08. The Balaban J connectivity index is 1.72. The Morgan fingerprint density at radius 3 is 2.72 bits per heavy atom. The van der Waals surface area contributed by atoms with Gasteiger partial charge in [-0.2, -0.15) is 0 Å². The van der Waals surface area contributed by atoms with Crippen molar-refractivity contribution in [2.75, 3.05) is 12.4 Å². The number of carbonyl (C=O) groups is 2. The van der Waals surface area contributed by atoms with Crippen LogP contribution in [0.5, 0.6) is 5.75 Å². The number of benzene rings is 2. The normalized spacial score (nSPS) is 11.0. The maximum Gasteiger partial charge on any atom is 0.248 e. The van der Waals surface area contributed by atoms with Crippen molar-refractivity contribution in [3.8, 4) is 5.75 Å². The summed E-state index contributed by atoms with van der Waals surface area (Å²) in [6.07, 6.45) is 2.98. The summed E-state index contributed by atoms with van der Waals surface area (Å²) in [6, 6.07) is 14.1. The highest BCUT2D eigenvalue weighted by Gasteiger charge is 2.05. The average molecular weight is 335 g/mol. The van der Waals surface area contributed by atoms with Crippen molar-refractivity contribution in [1.82, 2.24) is 0 Å². The average Bonchev–Trinajstić information content (AvgIpc) is 3.02. The van der Waals surface area contributed by atoms with Gasteiger partial charge in [-0.1, -0.05) is 12.1 Å². The van der Waals surface area contributed by atoms with Gasteiger partial charge >= 0.3 is 0 Å². The molecule has 1 amide bonds. The summed E-state index contributed by atoms with van der Waals surface area (Å²) in [4.78, 5) is 23.4. The lowest BCUT2D eigenvalue weighted by atomic mass is 10.1. The Kier molecular flexibility index (Phi) is 4.66. The second-order valence-electron chi connectivity index (χ2n) is 5.51. The van der Waals surface area contributed by atoms with Gasteiger partial charge in [-0.3, -0.25) is 9.59 Å². The largest absolute Gasteiger partial charge is 0.497 e. The first kappa shape index (κ1) is 16.5. The number of carbonyl (C=O) groups excluding carboxylic acids is 2. The van der Waals surface area contributed by atoms with Crippen molar-refractivity contribution in [1.29, 1.82) is 0 Å². The Hall–Kier alpha value is -3.34. The monoisotopic (exact) mass is 335 g/mol. The fourth-order valence-electron chi connectivity index (χ4n) is 2.41. The van der Waals surface area contributed by atoms with Crippen LogP contribution in [0.3, 0.4) is 0 Å². The molecule has 126 valence electrons. The summed E-state index contributed by atoms with van der Waals surface area (Å²) in [5, 5.41) is 3.62. The molecule has 5 nitrogen and oxygen atoms in total. The molecule has 1 heterocycles. The molecule has 0 radical (unpaired) electrons. The number of anilines is 1. The quantitative estimate of drug-likeness (QED) is 0.558. The Morgan fingerprint density at radius 2 is 1.96 bits per heavy atom. The summed E-state index contributed by atoms with van der Waals surface area (Å²) in [7, 11) is 1.60. The minimum absolute atomic E-state index is 0.0515. The molecular formula is C20H17NO4. The highest BCUT2D eigenvalue weighted by atomic mass is 16.5. The number of nitrogens with one attached hydrogen (secondary N) is 1. The van der Waals surface area contributed by atoms with Crippen LogP contribution in [0.2, 0.25) is 0 Å². The molecule has 1 aromatic heterocycles. The van der Waals surface area contributed by atoms with Gasteiger partial charge in [0.2, 0.25) is 5.91 Å². The van der Waals surface area contributed by atoms with Crippen LogP contribution in [-0.2, 0) is 4.79 Å². The van der Waals surface area contributed by atoms with E-state index in [-0.39, 0.29) is 11.7 Å². The van der Waals surface area contributed by atoms with Gasteiger partial charge < -0.3 is 14.5 Å². The van der Waals surface area contributed by atoms with Crippen LogP contribution < -0.4 is 10.1 Å². The minimum Gasteiger partial charge on any atom is -0.497 e. The number of fused-ring (bicyclic) bond motifs is 1. The minimum atomic E-state index is -0.307. The predicted octanol–water partition coefficient (Wildman–Crippen LogP) is 4.30. The van der Waals surface area contributed by atoms with Crippen molar-refractivity contribution in [3.63, 3.8) is 0 Å². The van der Waals surface area contributed by atoms with Crippen LogP contribution in [0.4, 0.5) is 5.69 Å². The number of amides is 1. The number of rotatable bonds is 5. The predicted molar refractivity (Wildman–Crippen MR) is 96.9 cm³/mol. The van der Waals surface area contributed by atoms with E-state index >= 15 is 0 Å². The number of hydrogen-bond acceptors (Lipinski definition) is 4. The van der Waals surface area contributed by atoms with E-state index in [0.29, 0.717) is 17.0 Å². The topological polar surface area (TPSA) is 68.5 Å². The number of methoxy groups -OCH3 is 1. The Bertz CT molecular complexity index is 969. The van der Waals surface area contributed by atoms with Crippen molar-refractivity contribution in [2.24, 2.45) is 0 Å². The molecule has 0 aliphatic heterocycles. The van der Waals surface area contributed by atoms with Crippen LogP contribution in [0.1, 0.15) is 23.0 Å². The van der Waals surface area contributed by atoms with Crippen LogP contribution in [-0.4, -0.2) is 18.8 Å². The highest BCUT2D eigenvalue weighted by Crippen LogP contribution is 2.24. The molecule has 0 saturated heterocycles. The van der Waals surface area contributed by atoms with E-state index in [1.807, 2.05) is 24.3 Å². The van der Waals surface area contributed by atoms with Crippen LogP contribution in [0.15, 0.2) is 59.0 Å². The summed E-state index contributed by atoms with van der Waals surface area (Å²) in [6.45, 7) is 1.48. The van der Waals surface area contributed by atoms with Gasteiger partial charge in [-0.15, -0.1) is 0 Å². The zero-order valence-corrected chi connectivity index (χ0v) is 13.9. The number of furan rings is 1. The maximum atomic E-state index is 12.0. The molecule has 25 heavy (non-hydrogen) atoms. The standard InChI is InChI=1S/C20H17NO4/c1-13(22)14-4-3-5-16(10-14)21-20(23)9-7-18-12-15-11-17(24-2)6-8-19(15)25-18/h3-12H,1-2H3,(H,21,23). The molecular weight excluding hydrogens is 318 g/mol. The number of Topliss-reactive ketones (excluding diaryl/α,β-unsaturated/α-hetero) is 1. The maximum absolute atomic E-state index is 12.0.